The minimum absolute atomic E-state index is 0.0743. The Hall–Kier alpha value is -2.50. The molecule has 3 rings (SSSR count). The molecule has 27 heavy (non-hydrogen) atoms. The topological polar surface area (TPSA) is 56.1 Å². The summed E-state index contributed by atoms with van der Waals surface area (Å²) in [6.45, 7) is 0.442. The number of nitrogens with zero attached hydrogens (tertiary/aromatic N) is 2. The molecule has 0 bridgehead atoms. The number of nitrogens with one attached hydrogen (secondary N) is 1. The van der Waals surface area contributed by atoms with E-state index in [0.717, 1.165) is 16.9 Å². The van der Waals surface area contributed by atoms with Crippen LogP contribution in [0.25, 0.3) is 0 Å². The number of hydrogen-bond acceptors (Lipinski definition) is 3. The number of amides is 1. The van der Waals surface area contributed by atoms with Gasteiger partial charge in [0.25, 0.3) is 0 Å². The highest BCUT2D eigenvalue weighted by molar-refractivity contribution is 6.35. The van der Waals surface area contributed by atoms with E-state index in [1.165, 1.54) is 0 Å². The van der Waals surface area contributed by atoms with Crippen LogP contribution in [0.5, 0.6) is 5.75 Å². The van der Waals surface area contributed by atoms with Gasteiger partial charge < -0.3 is 10.1 Å². The number of halogens is 2. The molecule has 140 valence electrons. The molecule has 0 aliphatic carbocycles. The van der Waals surface area contributed by atoms with Crippen LogP contribution >= 0.6 is 23.2 Å². The Kier molecular flexibility index (Phi) is 6.37. The zero-order valence-corrected chi connectivity index (χ0v) is 16.3. The molecular formula is C20H19Cl2N3O2. The SMILES string of the molecule is COc1ccc(CCC(=O)Nc2ccnn2Cc2ccc(Cl)cc2Cl)cc1. The van der Waals surface area contributed by atoms with Gasteiger partial charge in [-0.3, -0.25) is 4.79 Å². The normalized spacial score (nSPS) is 10.6. The highest BCUT2D eigenvalue weighted by Crippen LogP contribution is 2.23. The zero-order valence-electron chi connectivity index (χ0n) is 14.8. The number of methoxy groups -OCH3 is 1. The van der Waals surface area contributed by atoms with E-state index in [0.29, 0.717) is 35.2 Å². The molecule has 1 N–H and O–H groups in total. The third-order valence-electron chi connectivity index (χ3n) is 4.12. The summed E-state index contributed by atoms with van der Waals surface area (Å²) in [4.78, 5) is 12.3. The summed E-state index contributed by atoms with van der Waals surface area (Å²) in [5.74, 6) is 1.35. The number of aromatic nitrogens is 2. The van der Waals surface area contributed by atoms with Crippen molar-refractivity contribution < 1.29 is 9.53 Å². The number of hydrogen-bond donors (Lipinski definition) is 1. The molecule has 0 saturated heterocycles. The van der Waals surface area contributed by atoms with Crippen molar-refractivity contribution >= 4 is 34.9 Å². The number of ether oxygens (including phenoxy) is 1. The molecular weight excluding hydrogens is 385 g/mol. The second kappa shape index (κ2) is 8.93. The van der Waals surface area contributed by atoms with Crippen LogP contribution in [0.3, 0.4) is 0 Å². The van der Waals surface area contributed by atoms with Gasteiger partial charge in [-0.15, -0.1) is 0 Å². The lowest BCUT2D eigenvalue weighted by atomic mass is 10.1. The fourth-order valence-electron chi connectivity index (χ4n) is 2.63. The average Bonchev–Trinajstić information content (AvgIpc) is 3.09. The molecule has 0 aliphatic rings. The molecule has 3 aromatic rings. The number of rotatable bonds is 7. The molecule has 2 aromatic carbocycles. The summed E-state index contributed by atoms with van der Waals surface area (Å²) in [6, 6.07) is 14.8. The molecule has 0 aliphatic heterocycles. The van der Waals surface area contributed by atoms with Crippen LogP contribution in [-0.2, 0) is 17.8 Å². The van der Waals surface area contributed by atoms with Crippen molar-refractivity contribution in [3.8, 4) is 5.75 Å². The molecule has 1 amide bonds. The predicted molar refractivity (Wildman–Crippen MR) is 108 cm³/mol. The van der Waals surface area contributed by atoms with Crippen molar-refractivity contribution in [3.63, 3.8) is 0 Å². The zero-order chi connectivity index (χ0) is 19.2. The maximum absolute atomic E-state index is 12.3. The lowest BCUT2D eigenvalue weighted by Gasteiger charge is -2.10. The fraction of sp³-hybridized carbons (Fsp3) is 0.200. The number of anilines is 1. The largest absolute Gasteiger partial charge is 0.497 e. The van der Waals surface area contributed by atoms with E-state index in [9.17, 15) is 4.79 Å². The van der Waals surface area contributed by atoms with Gasteiger partial charge in [0, 0.05) is 22.5 Å². The average molecular weight is 404 g/mol. The van der Waals surface area contributed by atoms with Crippen molar-refractivity contribution in [1.29, 1.82) is 0 Å². The molecule has 0 fully saturated rings. The van der Waals surface area contributed by atoms with Gasteiger partial charge >= 0.3 is 0 Å². The first-order valence-electron chi connectivity index (χ1n) is 8.43. The third-order valence-corrected chi connectivity index (χ3v) is 4.71. The smallest absolute Gasteiger partial charge is 0.225 e. The second-order valence-corrected chi connectivity index (χ2v) is 6.85. The van der Waals surface area contributed by atoms with Crippen LogP contribution in [0.15, 0.2) is 54.7 Å². The van der Waals surface area contributed by atoms with Crippen LogP contribution in [0.2, 0.25) is 10.0 Å². The van der Waals surface area contributed by atoms with Gasteiger partial charge in [-0.05, 0) is 41.8 Å². The lowest BCUT2D eigenvalue weighted by molar-refractivity contribution is -0.116. The molecule has 0 saturated carbocycles. The summed E-state index contributed by atoms with van der Waals surface area (Å²) in [7, 11) is 1.63. The van der Waals surface area contributed by atoms with Crippen LogP contribution in [-0.4, -0.2) is 22.8 Å². The summed E-state index contributed by atoms with van der Waals surface area (Å²) in [5, 5.41) is 8.31. The van der Waals surface area contributed by atoms with Crippen LogP contribution < -0.4 is 10.1 Å². The summed E-state index contributed by atoms with van der Waals surface area (Å²) in [6.07, 6.45) is 2.66. The quantitative estimate of drug-likeness (QED) is 0.615. The van der Waals surface area contributed by atoms with E-state index in [1.807, 2.05) is 30.3 Å². The standard InChI is InChI=1S/C20H19Cl2N3O2/c1-27-17-7-2-14(3-8-17)4-9-20(26)24-19-10-11-23-25(19)13-15-5-6-16(21)12-18(15)22/h2-3,5-8,10-12H,4,9,13H2,1H3,(H,24,26). The fourth-order valence-corrected chi connectivity index (χ4v) is 3.10. The monoisotopic (exact) mass is 403 g/mol. The van der Waals surface area contributed by atoms with Crippen LogP contribution in [0.4, 0.5) is 5.82 Å². The van der Waals surface area contributed by atoms with E-state index in [4.69, 9.17) is 27.9 Å². The van der Waals surface area contributed by atoms with Crippen LogP contribution in [0, 0.1) is 0 Å². The Balaban J connectivity index is 1.59. The molecule has 0 unspecified atom stereocenters. The molecule has 0 atom stereocenters. The summed E-state index contributed by atoms with van der Waals surface area (Å²) in [5.41, 5.74) is 1.95. The highest BCUT2D eigenvalue weighted by Gasteiger charge is 2.10. The van der Waals surface area contributed by atoms with Crippen LogP contribution in [0.1, 0.15) is 17.5 Å². The first-order valence-corrected chi connectivity index (χ1v) is 9.19. The van der Waals surface area contributed by atoms with Gasteiger partial charge in [-0.2, -0.15) is 5.10 Å². The highest BCUT2D eigenvalue weighted by atomic mass is 35.5. The Bertz CT molecular complexity index is 923. The van der Waals surface area contributed by atoms with Crippen molar-refractivity contribution in [3.05, 3.63) is 75.9 Å². The maximum Gasteiger partial charge on any atom is 0.225 e. The van der Waals surface area contributed by atoms with Gasteiger partial charge in [0.15, 0.2) is 0 Å². The maximum atomic E-state index is 12.3. The van der Waals surface area contributed by atoms with E-state index in [2.05, 4.69) is 10.4 Å². The number of carbonyl (C=O) groups excluding carboxylic acids is 1. The van der Waals surface area contributed by atoms with Crippen molar-refractivity contribution in [1.82, 2.24) is 9.78 Å². The van der Waals surface area contributed by atoms with Gasteiger partial charge in [0.1, 0.15) is 11.6 Å². The Morgan fingerprint density at radius 1 is 1.15 bits per heavy atom. The lowest BCUT2D eigenvalue weighted by Crippen LogP contribution is -2.16. The van der Waals surface area contributed by atoms with Gasteiger partial charge in [0.2, 0.25) is 5.91 Å². The molecule has 0 radical (unpaired) electrons. The number of benzene rings is 2. The Morgan fingerprint density at radius 3 is 2.63 bits per heavy atom. The number of aryl methyl sites for hydroxylation is 1. The molecule has 0 spiro atoms. The first-order chi connectivity index (χ1) is 13.0. The summed E-state index contributed by atoms with van der Waals surface area (Å²) >= 11 is 12.2. The second-order valence-electron chi connectivity index (χ2n) is 6.01. The molecule has 7 heteroatoms. The van der Waals surface area contributed by atoms with Gasteiger partial charge in [-0.25, -0.2) is 4.68 Å². The van der Waals surface area contributed by atoms with E-state index < -0.39 is 0 Å². The van der Waals surface area contributed by atoms with Gasteiger partial charge in [-0.1, -0.05) is 41.4 Å². The van der Waals surface area contributed by atoms with Crippen molar-refractivity contribution in [2.75, 3.05) is 12.4 Å². The first kappa shape index (κ1) is 19.3. The third kappa shape index (κ3) is 5.25. The van der Waals surface area contributed by atoms with E-state index in [-0.39, 0.29) is 5.91 Å². The Morgan fingerprint density at radius 2 is 1.93 bits per heavy atom. The number of carbonyl (C=O) groups is 1. The molecule has 1 aromatic heterocycles. The predicted octanol–water partition coefficient (Wildman–Crippen LogP) is 4.82. The van der Waals surface area contributed by atoms with E-state index >= 15 is 0 Å². The molecule has 1 heterocycles. The van der Waals surface area contributed by atoms with Crippen molar-refractivity contribution in [2.24, 2.45) is 0 Å². The van der Waals surface area contributed by atoms with Crippen molar-refractivity contribution in [2.45, 2.75) is 19.4 Å². The Labute approximate surface area is 167 Å². The minimum Gasteiger partial charge on any atom is -0.497 e. The van der Waals surface area contributed by atoms with Gasteiger partial charge in [0.05, 0.1) is 19.9 Å². The summed E-state index contributed by atoms with van der Waals surface area (Å²) < 4.78 is 6.83. The van der Waals surface area contributed by atoms with E-state index in [1.54, 1.807) is 36.2 Å². The molecule has 5 nitrogen and oxygen atoms in total. The minimum atomic E-state index is -0.0743.